The van der Waals surface area contributed by atoms with E-state index in [1.54, 1.807) is 55.5 Å². The van der Waals surface area contributed by atoms with E-state index in [9.17, 15) is 14.4 Å². The summed E-state index contributed by atoms with van der Waals surface area (Å²) in [5.74, 6) is -1.23. The molecular formula is C20H16O6. The minimum absolute atomic E-state index is 0.0850. The van der Waals surface area contributed by atoms with Crippen molar-refractivity contribution < 1.29 is 23.5 Å². The van der Waals surface area contributed by atoms with E-state index in [-0.39, 0.29) is 18.8 Å². The Labute approximate surface area is 149 Å². The van der Waals surface area contributed by atoms with Crippen molar-refractivity contribution >= 4 is 22.9 Å². The van der Waals surface area contributed by atoms with Gasteiger partial charge in [0.1, 0.15) is 17.8 Å². The Hall–Kier alpha value is -3.41. The minimum atomic E-state index is -0.786. The number of rotatable bonds is 5. The highest BCUT2D eigenvalue weighted by Gasteiger charge is 2.15. The summed E-state index contributed by atoms with van der Waals surface area (Å²) in [6.07, 6.45) is 0. The number of hydrogen-bond donors (Lipinski definition) is 0. The van der Waals surface area contributed by atoms with Gasteiger partial charge in [0.05, 0.1) is 12.2 Å². The summed E-state index contributed by atoms with van der Waals surface area (Å²) in [4.78, 5) is 35.9. The molecule has 0 spiro atoms. The van der Waals surface area contributed by atoms with Crippen LogP contribution in [-0.4, -0.2) is 18.5 Å². The Bertz CT molecular complexity index is 1020. The summed E-state index contributed by atoms with van der Waals surface area (Å²) in [6, 6.07) is 14.9. The molecule has 0 unspecified atom stereocenters. The number of para-hydroxylation sites is 1. The van der Waals surface area contributed by atoms with Gasteiger partial charge in [-0.1, -0.05) is 30.3 Å². The SMILES string of the molecule is CCOC(=O)c1cccc(COC(=O)c2cc3ccccc3oc2=O)c1. The number of hydrogen-bond acceptors (Lipinski definition) is 6. The highest BCUT2D eigenvalue weighted by molar-refractivity contribution is 5.93. The maximum atomic E-state index is 12.2. The molecule has 3 rings (SSSR count). The lowest BCUT2D eigenvalue weighted by molar-refractivity contribution is 0.0468. The summed E-state index contributed by atoms with van der Waals surface area (Å²) in [5, 5.41) is 0.628. The van der Waals surface area contributed by atoms with Gasteiger partial charge in [0, 0.05) is 5.39 Å². The maximum Gasteiger partial charge on any atom is 0.351 e. The summed E-state index contributed by atoms with van der Waals surface area (Å²) in [7, 11) is 0. The molecule has 132 valence electrons. The van der Waals surface area contributed by atoms with E-state index in [0.29, 0.717) is 22.1 Å². The molecule has 0 bridgehead atoms. The van der Waals surface area contributed by atoms with Crippen LogP contribution < -0.4 is 5.63 Å². The van der Waals surface area contributed by atoms with Gasteiger partial charge in [-0.3, -0.25) is 0 Å². The van der Waals surface area contributed by atoms with Crippen molar-refractivity contribution in [3.63, 3.8) is 0 Å². The summed E-state index contributed by atoms with van der Waals surface area (Å²) in [6.45, 7) is 1.91. The Morgan fingerprint density at radius 2 is 1.77 bits per heavy atom. The van der Waals surface area contributed by atoms with Crippen LogP contribution in [0.25, 0.3) is 11.0 Å². The van der Waals surface area contributed by atoms with Crippen molar-refractivity contribution in [2.75, 3.05) is 6.61 Å². The molecule has 0 radical (unpaired) electrons. The van der Waals surface area contributed by atoms with E-state index < -0.39 is 17.6 Å². The van der Waals surface area contributed by atoms with E-state index in [1.807, 2.05) is 0 Å². The minimum Gasteiger partial charge on any atom is -0.462 e. The zero-order valence-electron chi connectivity index (χ0n) is 14.1. The average molecular weight is 352 g/mol. The fourth-order valence-electron chi connectivity index (χ4n) is 2.43. The summed E-state index contributed by atoms with van der Waals surface area (Å²) in [5.41, 5.74) is 0.440. The zero-order chi connectivity index (χ0) is 18.5. The van der Waals surface area contributed by atoms with Crippen molar-refractivity contribution in [2.24, 2.45) is 0 Å². The molecule has 0 fully saturated rings. The first-order valence-corrected chi connectivity index (χ1v) is 8.04. The fraction of sp³-hybridized carbons (Fsp3) is 0.150. The van der Waals surface area contributed by atoms with Gasteiger partial charge in [0.25, 0.3) is 0 Å². The lowest BCUT2D eigenvalue weighted by Crippen LogP contribution is -2.16. The second-order valence-corrected chi connectivity index (χ2v) is 5.48. The first-order valence-electron chi connectivity index (χ1n) is 8.04. The van der Waals surface area contributed by atoms with Crippen molar-refractivity contribution in [1.29, 1.82) is 0 Å². The van der Waals surface area contributed by atoms with Crippen molar-refractivity contribution in [1.82, 2.24) is 0 Å². The molecule has 1 aromatic heterocycles. The highest BCUT2D eigenvalue weighted by Crippen LogP contribution is 2.14. The molecule has 0 amide bonds. The predicted molar refractivity (Wildman–Crippen MR) is 94.0 cm³/mol. The molecule has 6 heteroatoms. The standard InChI is InChI=1S/C20H16O6/c1-2-24-18(21)15-8-5-6-13(10-15)12-25-19(22)16-11-14-7-3-4-9-17(14)26-20(16)23/h3-11H,2,12H2,1H3. The number of benzene rings is 2. The van der Waals surface area contributed by atoms with Crippen LogP contribution in [0.15, 0.2) is 63.8 Å². The molecule has 0 aliphatic heterocycles. The second-order valence-electron chi connectivity index (χ2n) is 5.48. The van der Waals surface area contributed by atoms with Crippen LogP contribution in [0.1, 0.15) is 33.2 Å². The zero-order valence-corrected chi connectivity index (χ0v) is 14.1. The molecule has 2 aromatic carbocycles. The fourth-order valence-corrected chi connectivity index (χ4v) is 2.43. The van der Waals surface area contributed by atoms with Crippen LogP contribution in [0.3, 0.4) is 0 Å². The predicted octanol–water partition coefficient (Wildman–Crippen LogP) is 3.33. The monoisotopic (exact) mass is 352 g/mol. The third-order valence-electron chi connectivity index (χ3n) is 3.67. The number of carbonyl (C=O) groups excluding carboxylic acids is 2. The third kappa shape index (κ3) is 3.80. The molecule has 1 heterocycles. The van der Waals surface area contributed by atoms with E-state index in [1.165, 1.54) is 6.07 Å². The van der Waals surface area contributed by atoms with Gasteiger partial charge in [-0.2, -0.15) is 0 Å². The van der Waals surface area contributed by atoms with Gasteiger partial charge in [-0.15, -0.1) is 0 Å². The van der Waals surface area contributed by atoms with Gasteiger partial charge < -0.3 is 13.9 Å². The van der Waals surface area contributed by atoms with Crippen LogP contribution in [0, 0.1) is 0 Å². The molecule has 0 N–H and O–H groups in total. The number of ether oxygens (including phenoxy) is 2. The summed E-state index contributed by atoms with van der Waals surface area (Å²) >= 11 is 0. The average Bonchev–Trinajstić information content (AvgIpc) is 2.66. The molecule has 0 saturated carbocycles. The quantitative estimate of drug-likeness (QED) is 0.517. The Kier molecular flexibility index (Phi) is 5.12. The molecule has 26 heavy (non-hydrogen) atoms. The van der Waals surface area contributed by atoms with E-state index in [2.05, 4.69) is 0 Å². The Morgan fingerprint density at radius 3 is 2.58 bits per heavy atom. The normalized spacial score (nSPS) is 10.5. The van der Waals surface area contributed by atoms with Crippen LogP contribution in [0.5, 0.6) is 0 Å². The van der Waals surface area contributed by atoms with Crippen molar-refractivity contribution in [3.8, 4) is 0 Å². The lowest BCUT2D eigenvalue weighted by atomic mass is 10.1. The van der Waals surface area contributed by atoms with Crippen molar-refractivity contribution in [2.45, 2.75) is 13.5 Å². The van der Waals surface area contributed by atoms with Gasteiger partial charge in [0.15, 0.2) is 0 Å². The molecular weight excluding hydrogens is 336 g/mol. The third-order valence-corrected chi connectivity index (χ3v) is 3.67. The van der Waals surface area contributed by atoms with Crippen LogP contribution in [-0.2, 0) is 16.1 Å². The second kappa shape index (κ2) is 7.65. The Balaban J connectivity index is 1.75. The van der Waals surface area contributed by atoms with Gasteiger partial charge in [-0.25, -0.2) is 14.4 Å². The molecule has 6 nitrogen and oxygen atoms in total. The van der Waals surface area contributed by atoms with Crippen LogP contribution >= 0.6 is 0 Å². The van der Waals surface area contributed by atoms with E-state index in [0.717, 1.165) is 0 Å². The first kappa shape index (κ1) is 17.4. The smallest absolute Gasteiger partial charge is 0.351 e. The lowest BCUT2D eigenvalue weighted by Gasteiger charge is -2.07. The van der Waals surface area contributed by atoms with Crippen LogP contribution in [0.2, 0.25) is 0 Å². The number of fused-ring (bicyclic) bond motifs is 1. The molecule has 0 aliphatic carbocycles. The summed E-state index contributed by atoms with van der Waals surface area (Å²) < 4.78 is 15.2. The highest BCUT2D eigenvalue weighted by atomic mass is 16.5. The molecule has 0 aliphatic rings. The van der Waals surface area contributed by atoms with Crippen LogP contribution in [0.4, 0.5) is 0 Å². The van der Waals surface area contributed by atoms with Gasteiger partial charge in [0.2, 0.25) is 0 Å². The Morgan fingerprint density at radius 1 is 0.962 bits per heavy atom. The molecule has 3 aromatic rings. The molecule has 0 saturated heterocycles. The van der Waals surface area contributed by atoms with Gasteiger partial charge in [-0.05, 0) is 36.8 Å². The largest absolute Gasteiger partial charge is 0.462 e. The maximum absolute atomic E-state index is 12.2. The van der Waals surface area contributed by atoms with E-state index >= 15 is 0 Å². The van der Waals surface area contributed by atoms with E-state index in [4.69, 9.17) is 13.9 Å². The molecule has 0 atom stereocenters. The van der Waals surface area contributed by atoms with Crippen molar-refractivity contribution in [3.05, 3.63) is 81.7 Å². The van der Waals surface area contributed by atoms with Gasteiger partial charge >= 0.3 is 17.6 Å². The topological polar surface area (TPSA) is 82.8 Å². The number of carbonyl (C=O) groups is 2. The number of esters is 2. The first-order chi connectivity index (χ1) is 12.6.